The number of fused-ring (bicyclic) bond motifs is 2. The minimum Gasteiger partial charge on any atom is -0.389 e. The van der Waals surface area contributed by atoms with E-state index in [-0.39, 0.29) is 24.3 Å². The predicted molar refractivity (Wildman–Crippen MR) is 128 cm³/mol. The molecular weight excluding hydrogens is 480 g/mol. The smallest absolute Gasteiger partial charge is 0.283 e. The minimum atomic E-state index is -2.95. The molecule has 0 spiro atoms. The van der Waals surface area contributed by atoms with Crippen molar-refractivity contribution in [1.29, 1.82) is 10.5 Å². The van der Waals surface area contributed by atoms with Crippen LogP contribution in [0.5, 0.6) is 0 Å². The van der Waals surface area contributed by atoms with Crippen LogP contribution in [0.1, 0.15) is 28.9 Å². The lowest BCUT2D eigenvalue weighted by atomic mass is 9.98. The van der Waals surface area contributed by atoms with Gasteiger partial charge in [-0.3, -0.25) is 4.98 Å². The number of aliphatic hydroxyl groups excluding tert-OH is 1. The van der Waals surface area contributed by atoms with E-state index in [1.165, 1.54) is 10.7 Å². The summed E-state index contributed by atoms with van der Waals surface area (Å²) in [5.41, 5.74) is 2.82. The van der Waals surface area contributed by atoms with Crippen molar-refractivity contribution in [2.75, 3.05) is 18.0 Å². The standard InChI is InChI=1S/C25H17F2N9O/c1-13-21(18-4-5-30-20-6-15(2-3-17(18)20)35-10-14(7-28)9-31-35)25(34-11-16(37)12-34)36-24(32-13)19(8-29)22(33-36)23(26)27/h2-6,9-10,16,23,37H,11-12H2,1H3. The van der Waals surface area contributed by atoms with Crippen LogP contribution in [0, 0.1) is 29.6 Å². The second-order valence-corrected chi connectivity index (χ2v) is 8.71. The van der Waals surface area contributed by atoms with Gasteiger partial charge in [-0.2, -0.15) is 25.2 Å². The van der Waals surface area contributed by atoms with E-state index in [4.69, 9.17) is 5.26 Å². The third kappa shape index (κ3) is 3.46. The Morgan fingerprint density at radius 1 is 1.16 bits per heavy atom. The first kappa shape index (κ1) is 22.5. The highest BCUT2D eigenvalue weighted by Gasteiger charge is 2.33. The molecule has 1 aliphatic rings. The average Bonchev–Trinajstić information content (AvgIpc) is 3.50. The Morgan fingerprint density at radius 3 is 2.65 bits per heavy atom. The Kier molecular flexibility index (Phi) is 5.07. The molecule has 37 heavy (non-hydrogen) atoms. The van der Waals surface area contributed by atoms with Crippen LogP contribution >= 0.6 is 0 Å². The van der Waals surface area contributed by atoms with Crippen molar-refractivity contribution in [1.82, 2.24) is 29.4 Å². The first-order chi connectivity index (χ1) is 17.9. The Balaban J connectivity index is 1.60. The summed E-state index contributed by atoms with van der Waals surface area (Å²) in [5.74, 6) is 0.471. The molecule has 4 aromatic heterocycles. The summed E-state index contributed by atoms with van der Waals surface area (Å²) >= 11 is 0. The third-order valence-electron chi connectivity index (χ3n) is 6.40. The Morgan fingerprint density at radius 2 is 1.97 bits per heavy atom. The fraction of sp³-hybridized carbons (Fsp3) is 0.200. The van der Waals surface area contributed by atoms with Crippen LogP contribution in [-0.2, 0) is 0 Å². The molecule has 1 aromatic carbocycles. The van der Waals surface area contributed by atoms with Crippen molar-refractivity contribution in [3.8, 4) is 29.0 Å². The van der Waals surface area contributed by atoms with Gasteiger partial charge in [0.25, 0.3) is 6.43 Å². The Labute approximate surface area is 208 Å². The van der Waals surface area contributed by atoms with Crippen molar-refractivity contribution >= 4 is 22.4 Å². The lowest BCUT2D eigenvalue weighted by Gasteiger charge is -2.39. The molecule has 5 aromatic rings. The summed E-state index contributed by atoms with van der Waals surface area (Å²) in [6.45, 7) is 2.31. The van der Waals surface area contributed by atoms with Crippen LogP contribution in [0.4, 0.5) is 14.6 Å². The van der Waals surface area contributed by atoms with Crippen LogP contribution < -0.4 is 4.90 Å². The number of nitrogens with zero attached hydrogens (tertiary/aromatic N) is 9. The number of pyridine rings is 1. The zero-order chi connectivity index (χ0) is 25.8. The van der Waals surface area contributed by atoms with Crippen molar-refractivity contribution in [2.45, 2.75) is 19.5 Å². The highest BCUT2D eigenvalue weighted by Crippen LogP contribution is 2.40. The molecule has 10 nitrogen and oxygen atoms in total. The molecule has 0 atom stereocenters. The first-order valence-corrected chi connectivity index (χ1v) is 11.3. The topological polar surface area (TPSA) is 132 Å². The molecule has 1 N–H and O–H groups in total. The number of nitriles is 2. The summed E-state index contributed by atoms with van der Waals surface area (Å²) in [5, 5.41) is 37.8. The van der Waals surface area contributed by atoms with E-state index in [1.807, 2.05) is 41.3 Å². The summed E-state index contributed by atoms with van der Waals surface area (Å²) < 4.78 is 30.3. The maximum atomic E-state index is 13.7. The molecule has 12 heteroatoms. The van der Waals surface area contributed by atoms with Crippen molar-refractivity contribution in [3.05, 3.63) is 65.4 Å². The van der Waals surface area contributed by atoms with Gasteiger partial charge in [0.2, 0.25) is 0 Å². The van der Waals surface area contributed by atoms with Crippen molar-refractivity contribution < 1.29 is 13.9 Å². The third-order valence-corrected chi connectivity index (χ3v) is 6.40. The molecule has 1 aliphatic heterocycles. The molecule has 1 saturated heterocycles. The van der Waals surface area contributed by atoms with Gasteiger partial charge in [-0.05, 0) is 30.7 Å². The number of benzene rings is 1. The van der Waals surface area contributed by atoms with Gasteiger partial charge in [0.1, 0.15) is 29.2 Å². The zero-order valence-corrected chi connectivity index (χ0v) is 19.3. The maximum absolute atomic E-state index is 13.7. The highest BCUT2D eigenvalue weighted by molar-refractivity contribution is 5.99. The van der Waals surface area contributed by atoms with Gasteiger partial charge < -0.3 is 10.0 Å². The lowest BCUT2D eigenvalue weighted by molar-refractivity contribution is 0.140. The van der Waals surface area contributed by atoms with Crippen molar-refractivity contribution in [2.24, 2.45) is 0 Å². The number of aliphatic hydroxyl groups is 1. The van der Waals surface area contributed by atoms with E-state index in [2.05, 4.69) is 20.2 Å². The van der Waals surface area contributed by atoms with Gasteiger partial charge in [-0.15, -0.1) is 0 Å². The number of hydrogen-bond acceptors (Lipinski definition) is 8. The number of aryl methyl sites for hydroxylation is 1. The van der Waals surface area contributed by atoms with Gasteiger partial charge in [0.05, 0.1) is 34.8 Å². The second-order valence-electron chi connectivity index (χ2n) is 8.71. The number of aromatic nitrogens is 6. The first-order valence-electron chi connectivity index (χ1n) is 11.3. The van der Waals surface area contributed by atoms with E-state index in [9.17, 15) is 19.1 Å². The predicted octanol–water partition coefficient (Wildman–Crippen LogP) is 3.30. The summed E-state index contributed by atoms with van der Waals surface area (Å²) in [6, 6.07) is 11.2. The number of β-amino-alcohol motifs (C(OH)–C–C–N with tert-alkyl or cyclic N) is 1. The Bertz CT molecular complexity index is 1790. The molecule has 0 amide bonds. The minimum absolute atomic E-state index is 0.0445. The quantitative estimate of drug-likeness (QED) is 0.400. The van der Waals surface area contributed by atoms with Gasteiger partial charge in [-0.25, -0.2) is 18.4 Å². The molecule has 6 rings (SSSR count). The molecular formula is C25H17F2N9O. The SMILES string of the molecule is Cc1nc2c(C#N)c(C(F)F)nn2c(N2CC(O)C2)c1-c1ccnc2cc(-n3cc(C#N)cn3)ccc12. The zero-order valence-electron chi connectivity index (χ0n) is 19.3. The molecule has 0 unspecified atom stereocenters. The molecule has 1 fully saturated rings. The van der Waals surface area contributed by atoms with E-state index in [0.29, 0.717) is 33.8 Å². The van der Waals surface area contributed by atoms with Gasteiger partial charge in [0, 0.05) is 36.4 Å². The normalized spacial score (nSPS) is 13.8. The fourth-order valence-electron chi connectivity index (χ4n) is 4.67. The number of anilines is 1. The van der Waals surface area contributed by atoms with E-state index in [1.54, 1.807) is 24.0 Å². The summed E-state index contributed by atoms with van der Waals surface area (Å²) in [4.78, 5) is 10.9. The van der Waals surface area contributed by atoms with Crippen LogP contribution in [0.25, 0.3) is 33.4 Å². The van der Waals surface area contributed by atoms with Crippen LogP contribution in [0.2, 0.25) is 0 Å². The molecule has 182 valence electrons. The number of hydrogen-bond donors (Lipinski definition) is 1. The number of alkyl halides is 2. The van der Waals surface area contributed by atoms with Crippen molar-refractivity contribution in [3.63, 3.8) is 0 Å². The number of rotatable bonds is 4. The number of halogens is 2. The molecule has 5 heterocycles. The van der Waals surface area contributed by atoms with E-state index >= 15 is 0 Å². The highest BCUT2D eigenvalue weighted by atomic mass is 19.3. The summed E-state index contributed by atoms with van der Waals surface area (Å²) in [6.07, 6.45) is 1.21. The molecule has 0 bridgehead atoms. The van der Waals surface area contributed by atoms with Gasteiger partial charge in [0.15, 0.2) is 5.65 Å². The molecule has 0 aliphatic carbocycles. The monoisotopic (exact) mass is 497 g/mol. The van der Waals surface area contributed by atoms with E-state index in [0.717, 1.165) is 10.9 Å². The van der Waals surface area contributed by atoms with Crippen LogP contribution in [0.15, 0.2) is 42.9 Å². The van der Waals surface area contributed by atoms with Gasteiger partial charge in [-0.1, -0.05) is 6.07 Å². The lowest BCUT2D eigenvalue weighted by Crippen LogP contribution is -2.51. The molecule has 0 radical (unpaired) electrons. The Hall–Kier alpha value is -4.94. The summed E-state index contributed by atoms with van der Waals surface area (Å²) in [7, 11) is 0. The average molecular weight is 497 g/mol. The van der Waals surface area contributed by atoms with E-state index < -0.39 is 18.2 Å². The largest absolute Gasteiger partial charge is 0.389 e. The van der Waals surface area contributed by atoms with Gasteiger partial charge >= 0.3 is 0 Å². The molecule has 0 saturated carbocycles. The van der Waals surface area contributed by atoms with Crippen LogP contribution in [-0.4, -0.2) is 53.7 Å². The second kappa shape index (κ2) is 8.33. The maximum Gasteiger partial charge on any atom is 0.283 e. The van der Waals surface area contributed by atoms with Crippen LogP contribution in [0.3, 0.4) is 0 Å². The fourth-order valence-corrected chi connectivity index (χ4v) is 4.67.